The van der Waals surface area contributed by atoms with Gasteiger partial charge in [0.1, 0.15) is 5.02 Å². The van der Waals surface area contributed by atoms with E-state index in [1.165, 1.54) is 18.9 Å². The van der Waals surface area contributed by atoms with Crippen LogP contribution in [0.4, 0.5) is 0 Å². The number of hydrogen-bond donors (Lipinski definition) is 1. The number of piperidine rings is 1. The molecule has 0 radical (unpaired) electrons. The number of halogens is 1. The van der Waals surface area contributed by atoms with Crippen LogP contribution >= 0.6 is 23.4 Å². The molecule has 2 atom stereocenters. The van der Waals surface area contributed by atoms with E-state index in [9.17, 15) is 4.79 Å². The molecule has 0 saturated carbocycles. The minimum atomic E-state index is 0.0865. The highest BCUT2D eigenvalue weighted by molar-refractivity contribution is 8.04. The molecule has 3 heterocycles. The number of thioether (sulfide) groups is 1. The number of carbonyl (C=O) groups is 1. The third-order valence-electron chi connectivity index (χ3n) is 6.29. The highest BCUT2D eigenvalue weighted by Gasteiger charge is 2.47. The Labute approximate surface area is 180 Å². The van der Waals surface area contributed by atoms with Crippen LogP contribution in [0.15, 0.2) is 39.9 Å². The van der Waals surface area contributed by atoms with Crippen LogP contribution in [0.2, 0.25) is 5.02 Å². The Balaban J connectivity index is 1.44. The molecule has 1 aliphatic carbocycles. The number of aromatic nitrogens is 1. The van der Waals surface area contributed by atoms with Crippen LogP contribution in [-0.2, 0) is 9.53 Å². The Morgan fingerprint density at radius 3 is 2.76 bits per heavy atom. The quantitative estimate of drug-likeness (QED) is 0.776. The molecule has 1 spiro atoms. The lowest BCUT2D eigenvalue weighted by atomic mass is 9.73. The van der Waals surface area contributed by atoms with Crippen LogP contribution < -0.4 is 10.5 Å². The first kappa shape index (κ1) is 20.7. The Bertz CT molecular complexity index is 865. The molecule has 2 aliphatic heterocycles. The van der Waals surface area contributed by atoms with E-state index >= 15 is 0 Å². The number of Topliss-reactive ketones (excluding diaryl/α,β-unsaturated/α-hetero) is 1. The number of nitrogens with zero attached hydrogens (tertiary/aromatic N) is 2. The van der Waals surface area contributed by atoms with Crippen molar-refractivity contribution >= 4 is 29.1 Å². The van der Waals surface area contributed by atoms with Gasteiger partial charge in [0.15, 0.2) is 5.78 Å². The average Bonchev–Trinajstić information content (AvgIpc) is 3.00. The van der Waals surface area contributed by atoms with Crippen molar-refractivity contribution in [2.75, 3.05) is 26.8 Å². The van der Waals surface area contributed by atoms with Crippen LogP contribution in [-0.4, -0.2) is 54.6 Å². The third-order valence-corrected chi connectivity index (χ3v) is 7.91. The predicted molar refractivity (Wildman–Crippen MR) is 114 cm³/mol. The number of likely N-dealkylation sites (tertiary alicyclic amines) is 1. The summed E-state index contributed by atoms with van der Waals surface area (Å²) < 4.78 is 11.0. The summed E-state index contributed by atoms with van der Waals surface area (Å²) in [5.41, 5.74) is 7.57. The first-order valence-corrected chi connectivity index (χ1v) is 11.1. The molecule has 1 aromatic rings. The van der Waals surface area contributed by atoms with Crippen LogP contribution in [0, 0.1) is 5.41 Å². The zero-order valence-corrected chi connectivity index (χ0v) is 18.3. The lowest BCUT2D eigenvalue weighted by Crippen LogP contribution is -2.50. The zero-order chi connectivity index (χ0) is 20.6. The molecule has 2 fully saturated rings. The van der Waals surface area contributed by atoms with Crippen molar-refractivity contribution in [2.45, 2.75) is 43.2 Å². The smallest absolute Gasteiger partial charge is 0.233 e. The number of nitrogens with two attached hydrogens (primary N) is 1. The number of ketones is 1. The summed E-state index contributed by atoms with van der Waals surface area (Å²) in [4.78, 5) is 20.6. The number of carbonyl (C=O) groups excluding carboxylic acids is 1. The molecule has 2 N–H and O–H groups in total. The van der Waals surface area contributed by atoms with E-state index in [0.717, 1.165) is 43.1 Å². The number of ether oxygens (including phenoxy) is 2. The van der Waals surface area contributed by atoms with E-state index in [-0.39, 0.29) is 23.3 Å². The first-order valence-electron chi connectivity index (χ1n) is 9.86. The molecule has 3 aliphatic rings. The van der Waals surface area contributed by atoms with Gasteiger partial charge in [-0.1, -0.05) is 23.4 Å². The van der Waals surface area contributed by atoms with Crippen LogP contribution in [0.1, 0.15) is 26.2 Å². The van der Waals surface area contributed by atoms with Crippen LogP contribution in [0.25, 0.3) is 0 Å². The number of methoxy groups -OCH3 is 1. The van der Waals surface area contributed by atoms with E-state index in [2.05, 4.69) is 22.9 Å². The topological polar surface area (TPSA) is 77.7 Å². The summed E-state index contributed by atoms with van der Waals surface area (Å²) in [5.74, 6) is 0.469. The monoisotopic (exact) mass is 435 g/mol. The molecule has 156 valence electrons. The van der Waals surface area contributed by atoms with E-state index in [1.54, 1.807) is 12.3 Å². The molecule has 0 amide bonds. The fraction of sp³-hybridized carbons (Fsp3) is 0.524. The lowest BCUT2D eigenvalue weighted by Gasteiger charge is -2.43. The van der Waals surface area contributed by atoms with Gasteiger partial charge in [0.2, 0.25) is 5.88 Å². The summed E-state index contributed by atoms with van der Waals surface area (Å²) in [6.07, 6.45) is 8.12. The van der Waals surface area contributed by atoms with Crippen LogP contribution in [0.5, 0.6) is 5.88 Å². The molecule has 0 aromatic carbocycles. The number of pyridine rings is 1. The second-order valence-electron chi connectivity index (χ2n) is 7.91. The summed E-state index contributed by atoms with van der Waals surface area (Å²) in [6.45, 7) is 4.62. The van der Waals surface area contributed by atoms with Crippen molar-refractivity contribution in [3.63, 3.8) is 0 Å². The van der Waals surface area contributed by atoms with Gasteiger partial charge in [-0.05, 0) is 38.0 Å². The predicted octanol–water partition coefficient (Wildman–Crippen LogP) is 3.40. The molecule has 1 aromatic heterocycles. The fourth-order valence-corrected chi connectivity index (χ4v) is 5.51. The summed E-state index contributed by atoms with van der Waals surface area (Å²) in [6, 6.07) is 1.89. The molecule has 0 unspecified atom stereocenters. The Morgan fingerprint density at radius 2 is 2.14 bits per heavy atom. The molecular formula is C21H26ClN3O3S. The van der Waals surface area contributed by atoms with Gasteiger partial charge < -0.3 is 20.1 Å². The first-order chi connectivity index (χ1) is 13.9. The summed E-state index contributed by atoms with van der Waals surface area (Å²) in [5, 5.41) is 0.425. The van der Waals surface area contributed by atoms with Gasteiger partial charge in [0.25, 0.3) is 0 Å². The largest absolute Gasteiger partial charge is 0.480 e. The van der Waals surface area contributed by atoms with Gasteiger partial charge >= 0.3 is 0 Å². The molecule has 6 nitrogen and oxygen atoms in total. The zero-order valence-electron chi connectivity index (χ0n) is 16.7. The van der Waals surface area contributed by atoms with Crippen molar-refractivity contribution in [3.8, 4) is 5.88 Å². The van der Waals surface area contributed by atoms with E-state index in [1.807, 2.05) is 6.08 Å². The second-order valence-corrected chi connectivity index (χ2v) is 9.38. The minimum absolute atomic E-state index is 0.0865. The van der Waals surface area contributed by atoms with Gasteiger partial charge in [-0.25, -0.2) is 4.98 Å². The van der Waals surface area contributed by atoms with Gasteiger partial charge in [0, 0.05) is 41.3 Å². The second kappa shape index (κ2) is 8.30. The maximum absolute atomic E-state index is 12.8. The maximum Gasteiger partial charge on any atom is 0.233 e. The molecule has 4 rings (SSSR count). The standard InChI is InChI=1S/C21H26ClN3O3S/c1-13-19(23)21(12-28-13)6-9-25(10-7-21)14-3-4-16(15(26)11-14)29-17-5-8-24-20(27-2)18(17)22/h3-5,8,13,19H,6-7,9-12,23H2,1-2H3/t13-,19+/m0/s1. The Morgan fingerprint density at radius 1 is 1.38 bits per heavy atom. The van der Waals surface area contributed by atoms with Crippen molar-refractivity contribution in [2.24, 2.45) is 11.1 Å². The minimum Gasteiger partial charge on any atom is -0.480 e. The van der Waals surface area contributed by atoms with Gasteiger partial charge in [-0.3, -0.25) is 4.79 Å². The lowest BCUT2D eigenvalue weighted by molar-refractivity contribution is -0.114. The molecule has 29 heavy (non-hydrogen) atoms. The maximum atomic E-state index is 12.8. The average molecular weight is 436 g/mol. The Kier molecular flexibility index (Phi) is 5.93. The molecular weight excluding hydrogens is 410 g/mol. The van der Waals surface area contributed by atoms with Gasteiger partial charge in [-0.15, -0.1) is 0 Å². The highest BCUT2D eigenvalue weighted by Crippen LogP contribution is 2.43. The highest BCUT2D eigenvalue weighted by atomic mass is 35.5. The number of allylic oxidation sites excluding steroid dienone is 4. The van der Waals surface area contributed by atoms with E-state index in [0.29, 0.717) is 22.2 Å². The third kappa shape index (κ3) is 3.93. The van der Waals surface area contributed by atoms with E-state index in [4.69, 9.17) is 26.8 Å². The van der Waals surface area contributed by atoms with Gasteiger partial charge in [-0.2, -0.15) is 0 Å². The van der Waals surface area contributed by atoms with Crippen molar-refractivity contribution < 1.29 is 14.3 Å². The molecule has 0 bridgehead atoms. The van der Waals surface area contributed by atoms with Crippen molar-refractivity contribution in [1.29, 1.82) is 0 Å². The molecule has 8 heteroatoms. The van der Waals surface area contributed by atoms with Gasteiger partial charge in [0.05, 0.1) is 31.1 Å². The number of hydrogen-bond acceptors (Lipinski definition) is 7. The van der Waals surface area contributed by atoms with Crippen molar-refractivity contribution in [3.05, 3.63) is 40.0 Å². The van der Waals surface area contributed by atoms with Crippen molar-refractivity contribution in [1.82, 2.24) is 9.88 Å². The Hall–Kier alpha value is -1.54. The van der Waals surface area contributed by atoms with E-state index < -0.39 is 0 Å². The SMILES string of the molecule is COc1nccc(SC2=CC=C(N3CCC4(CC3)CO[C@@H](C)[C@H]4N)CC2=O)c1Cl. The summed E-state index contributed by atoms with van der Waals surface area (Å²) >= 11 is 7.67. The van der Waals surface area contributed by atoms with Crippen LogP contribution in [0.3, 0.4) is 0 Å². The summed E-state index contributed by atoms with van der Waals surface area (Å²) in [7, 11) is 1.52. The fourth-order valence-electron chi connectivity index (χ4n) is 4.34. The normalized spacial score (nSPS) is 26.5. The molecule has 2 saturated heterocycles. The number of rotatable bonds is 4.